The molecule has 0 aliphatic carbocycles. The molecule has 0 radical (unpaired) electrons. The number of benzene rings is 1. The number of hydrogen-bond donors (Lipinski definition) is 2. The van der Waals surface area contributed by atoms with Gasteiger partial charge in [-0.1, -0.05) is 6.07 Å². The third-order valence-electron chi connectivity index (χ3n) is 2.98. The lowest BCUT2D eigenvalue weighted by atomic mass is 10.2. The fraction of sp³-hybridized carbons (Fsp3) is 0.333. The molecule has 1 aromatic carbocycles. The van der Waals surface area contributed by atoms with E-state index in [2.05, 4.69) is 16.8 Å². The van der Waals surface area contributed by atoms with Gasteiger partial charge in [-0.05, 0) is 32.2 Å². The Bertz CT molecular complexity index is 488. The van der Waals surface area contributed by atoms with Crippen molar-refractivity contribution in [2.45, 2.75) is 13.0 Å². The maximum atomic E-state index is 9.73. The van der Waals surface area contributed by atoms with E-state index in [4.69, 9.17) is 0 Å². The average Bonchev–Trinajstić information content (AvgIpc) is 2.57. The van der Waals surface area contributed by atoms with Crippen LogP contribution < -0.4 is 5.32 Å². The molecule has 0 saturated carbocycles. The number of aromatic nitrogens is 1. The van der Waals surface area contributed by atoms with Gasteiger partial charge in [-0.25, -0.2) is 0 Å². The molecule has 1 atom stereocenters. The molecule has 80 valence electrons. The summed E-state index contributed by atoms with van der Waals surface area (Å²) in [5, 5.41) is 13.8. The van der Waals surface area contributed by atoms with Gasteiger partial charge in [0.1, 0.15) is 5.75 Å². The fourth-order valence-corrected chi connectivity index (χ4v) is 1.93. The third kappa shape index (κ3) is 1.49. The summed E-state index contributed by atoms with van der Waals surface area (Å²) in [4.78, 5) is 0. The van der Waals surface area contributed by atoms with Crippen molar-refractivity contribution < 1.29 is 5.11 Å². The minimum Gasteiger partial charge on any atom is -0.507 e. The highest BCUT2D eigenvalue weighted by Gasteiger charge is 2.12. The molecule has 0 bridgehead atoms. The summed E-state index contributed by atoms with van der Waals surface area (Å²) in [6.45, 7) is 2.10. The van der Waals surface area contributed by atoms with Crippen molar-refractivity contribution in [2.75, 3.05) is 7.05 Å². The summed E-state index contributed by atoms with van der Waals surface area (Å²) >= 11 is 0. The van der Waals surface area contributed by atoms with Gasteiger partial charge < -0.3 is 15.0 Å². The van der Waals surface area contributed by atoms with Crippen molar-refractivity contribution >= 4 is 10.9 Å². The summed E-state index contributed by atoms with van der Waals surface area (Å²) in [7, 11) is 3.95. The molecule has 0 saturated heterocycles. The van der Waals surface area contributed by atoms with Crippen molar-refractivity contribution in [2.24, 2.45) is 7.05 Å². The van der Waals surface area contributed by atoms with Crippen LogP contribution in [0.15, 0.2) is 24.3 Å². The van der Waals surface area contributed by atoms with Crippen molar-refractivity contribution in [3.63, 3.8) is 0 Å². The molecule has 2 rings (SSSR count). The van der Waals surface area contributed by atoms with E-state index >= 15 is 0 Å². The highest BCUT2D eigenvalue weighted by molar-refractivity contribution is 5.87. The molecule has 2 aromatic rings. The summed E-state index contributed by atoms with van der Waals surface area (Å²) < 4.78 is 2.11. The van der Waals surface area contributed by atoms with Crippen LogP contribution in [0.4, 0.5) is 0 Å². The summed E-state index contributed by atoms with van der Waals surface area (Å²) in [6, 6.07) is 7.91. The fourth-order valence-electron chi connectivity index (χ4n) is 1.93. The first-order valence-corrected chi connectivity index (χ1v) is 5.09. The zero-order valence-corrected chi connectivity index (χ0v) is 9.28. The Morgan fingerprint density at radius 1 is 1.40 bits per heavy atom. The van der Waals surface area contributed by atoms with Crippen LogP contribution in [0.2, 0.25) is 0 Å². The largest absolute Gasteiger partial charge is 0.507 e. The topological polar surface area (TPSA) is 37.2 Å². The molecule has 0 fully saturated rings. The van der Waals surface area contributed by atoms with Crippen molar-refractivity contribution in [3.8, 4) is 5.75 Å². The van der Waals surface area contributed by atoms with Crippen LogP contribution >= 0.6 is 0 Å². The second-order valence-electron chi connectivity index (χ2n) is 3.85. The van der Waals surface area contributed by atoms with Gasteiger partial charge in [0.05, 0.1) is 5.52 Å². The quantitative estimate of drug-likeness (QED) is 0.786. The second-order valence-corrected chi connectivity index (χ2v) is 3.85. The van der Waals surface area contributed by atoms with Gasteiger partial charge in [0.2, 0.25) is 0 Å². The molecule has 0 aliphatic heterocycles. The Morgan fingerprint density at radius 3 is 2.73 bits per heavy atom. The molecule has 2 N–H and O–H groups in total. The molecule has 3 nitrogen and oxygen atoms in total. The third-order valence-corrected chi connectivity index (χ3v) is 2.98. The van der Waals surface area contributed by atoms with E-state index in [1.807, 2.05) is 32.3 Å². The summed E-state index contributed by atoms with van der Waals surface area (Å²) in [5.74, 6) is 0.345. The number of phenols is 1. The second kappa shape index (κ2) is 3.59. The van der Waals surface area contributed by atoms with E-state index in [1.54, 1.807) is 6.07 Å². The lowest BCUT2D eigenvalue weighted by molar-refractivity contribution is 0.481. The normalized spacial score (nSPS) is 13.3. The lowest BCUT2D eigenvalue weighted by Crippen LogP contribution is -2.15. The van der Waals surface area contributed by atoms with Crippen molar-refractivity contribution in [1.29, 1.82) is 0 Å². The highest BCUT2D eigenvalue weighted by Crippen LogP contribution is 2.29. The standard InChI is InChI=1S/C12H16N2O/c1-8(13-2)11-7-9-10(14(11)3)5-4-6-12(9)15/h4-8,13,15H,1-3H3. The van der Waals surface area contributed by atoms with E-state index in [-0.39, 0.29) is 6.04 Å². The van der Waals surface area contributed by atoms with Gasteiger partial charge in [0.15, 0.2) is 0 Å². The van der Waals surface area contributed by atoms with E-state index in [0.29, 0.717) is 5.75 Å². The number of rotatable bonds is 2. The van der Waals surface area contributed by atoms with Crippen LogP contribution in [-0.2, 0) is 7.05 Å². The summed E-state index contributed by atoms with van der Waals surface area (Å²) in [6.07, 6.45) is 0. The first-order valence-electron chi connectivity index (χ1n) is 5.09. The van der Waals surface area contributed by atoms with E-state index in [9.17, 15) is 5.11 Å². The summed E-state index contributed by atoms with van der Waals surface area (Å²) in [5.41, 5.74) is 2.24. The molecule has 1 heterocycles. The molecule has 1 unspecified atom stereocenters. The highest BCUT2D eigenvalue weighted by atomic mass is 16.3. The SMILES string of the molecule is CNC(C)c1cc2c(O)cccc2n1C. The Morgan fingerprint density at radius 2 is 2.13 bits per heavy atom. The number of aromatic hydroxyl groups is 1. The van der Waals surface area contributed by atoms with Crippen LogP contribution in [0, 0.1) is 0 Å². The van der Waals surface area contributed by atoms with Crippen LogP contribution in [0.3, 0.4) is 0 Å². The molecule has 0 amide bonds. The lowest BCUT2D eigenvalue weighted by Gasteiger charge is -2.11. The minimum absolute atomic E-state index is 0.279. The molecular weight excluding hydrogens is 188 g/mol. The van der Waals surface area contributed by atoms with Crippen molar-refractivity contribution in [1.82, 2.24) is 9.88 Å². The Balaban J connectivity index is 2.69. The maximum Gasteiger partial charge on any atom is 0.124 e. The molecular formula is C12H16N2O. The monoisotopic (exact) mass is 204 g/mol. The first-order chi connectivity index (χ1) is 7.15. The number of fused-ring (bicyclic) bond motifs is 1. The number of hydrogen-bond acceptors (Lipinski definition) is 2. The Kier molecular flexibility index (Phi) is 2.40. The van der Waals surface area contributed by atoms with Crippen LogP contribution in [0.5, 0.6) is 5.75 Å². The van der Waals surface area contributed by atoms with E-state index < -0.39 is 0 Å². The number of nitrogens with one attached hydrogen (secondary N) is 1. The predicted octanol–water partition coefficient (Wildman–Crippen LogP) is 2.16. The molecule has 1 aromatic heterocycles. The van der Waals surface area contributed by atoms with Crippen molar-refractivity contribution in [3.05, 3.63) is 30.0 Å². The smallest absolute Gasteiger partial charge is 0.124 e. The number of nitrogens with zero attached hydrogens (tertiary/aromatic N) is 1. The van der Waals surface area contributed by atoms with Crippen LogP contribution in [0.1, 0.15) is 18.7 Å². The minimum atomic E-state index is 0.279. The molecule has 15 heavy (non-hydrogen) atoms. The predicted molar refractivity (Wildman–Crippen MR) is 62.1 cm³/mol. The Hall–Kier alpha value is -1.48. The number of phenolic OH excluding ortho intramolecular Hbond substituents is 1. The average molecular weight is 204 g/mol. The van der Waals surface area contributed by atoms with Gasteiger partial charge in [0.25, 0.3) is 0 Å². The van der Waals surface area contributed by atoms with Crippen LogP contribution in [-0.4, -0.2) is 16.7 Å². The van der Waals surface area contributed by atoms with Gasteiger partial charge in [0, 0.05) is 24.2 Å². The number of aryl methyl sites for hydroxylation is 1. The zero-order chi connectivity index (χ0) is 11.0. The Labute approximate surface area is 89.3 Å². The maximum absolute atomic E-state index is 9.73. The van der Waals surface area contributed by atoms with E-state index in [1.165, 1.54) is 5.69 Å². The molecule has 0 spiro atoms. The van der Waals surface area contributed by atoms with Gasteiger partial charge in [-0.3, -0.25) is 0 Å². The van der Waals surface area contributed by atoms with E-state index in [0.717, 1.165) is 10.9 Å². The van der Waals surface area contributed by atoms with Gasteiger partial charge in [-0.2, -0.15) is 0 Å². The molecule has 0 aliphatic rings. The van der Waals surface area contributed by atoms with Gasteiger partial charge >= 0.3 is 0 Å². The van der Waals surface area contributed by atoms with Gasteiger partial charge in [-0.15, -0.1) is 0 Å². The first kappa shape index (κ1) is 10.1. The molecule has 3 heteroatoms. The van der Waals surface area contributed by atoms with Crippen LogP contribution in [0.25, 0.3) is 10.9 Å². The zero-order valence-electron chi connectivity index (χ0n) is 9.28.